The monoisotopic (exact) mass is 515 g/mol. The molecule has 2 aromatic heterocycles. The van der Waals surface area contributed by atoms with Gasteiger partial charge in [-0.25, -0.2) is 4.98 Å². The lowest BCUT2D eigenvalue weighted by Gasteiger charge is -2.08. The van der Waals surface area contributed by atoms with E-state index in [4.69, 9.17) is 0 Å². The number of amides is 2. The molecule has 0 saturated carbocycles. The van der Waals surface area contributed by atoms with E-state index in [9.17, 15) is 9.59 Å². The molecule has 2 heterocycles. The molecule has 3 N–H and O–H groups in total. The van der Waals surface area contributed by atoms with Crippen LogP contribution in [-0.2, 0) is 4.79 Å². The second-order valence-corrected chi connectivity index (χ2v) is 9.45. The van der Waals surface area contributed by atoms with Crippen LogP contribution in [0.2, 0.25) is 0 Å². The van der Waals surface area contributed by atoms with Crippen molar-refractivity contribution in [1.82, 2.24) is 14.9 Å². The number of fused-ring (bicyclic) bond motifs is 1. The molecular formula is C32H29N5O2. The minimum Gasteiger partial charge on any atom is -0.346 e. The molecule has 0 fully saturated rings. The molecule has 0 saturated heterocycles. The van der Waals surface area contributed by atoms with Crippen LogP contribution in [0.25, 0.3) is 33.3 Å². The molecule has 7 heteroatoms. The predicted molar refractivity (Wildman–Crippen MR) is 158 cm³/mol. The van der Waals surface area contributed by atoms with Gasteiger partial charge in [0.2, 0.25) is 5.91 Å². The van der Waals surface area contributed by atoms with Crippen molar-refractivity contribution in [2.24, 2.45) is 0 Å². The molecule has 0 spiro atoms. The largest absolute Gasteiger partial charge is 0.346 e. The second kappa shape index (κ2) is 11.6. The van der Waals surface area contributed by atoms with E-state index in [1.54, 1.807) is 6.08 Å². The van der Waals surface area contributed by atoms with Gasteiger partial charge in [0.15, 0.2) is 0 Å². The molecule has 5 rings (SSSR count). The van der Waals surface area contributed by atoms with Gasteiger partial charge >= 0.3 is 0 Å². The molecule has 0 aliphatic rings. The van der Waals surface area contributed by atoms with Gasteiger partial charge in [-0.2, -0.15) is 0 Å². The summed E-state index contributed by atoms with van der Waals surface area (Å²) in [6.45, 7) is 0.696. The maximum atomic E-state index is 12.6. The van der Waals surface area contributed by atoms with E-state index in [0.717, 1.165) is 39.0 Å². The first-order valence-corrected chi connectivity index (χ1v) is 12.6. The van der Waals surface area contributed by atoms with Gasteiger partial charge in [0, 0.05) is 58.5 Å². The second-order valence-electron chi connectivity index (χ2n) is 9.45. The molecule has 0 unspecified atom stereocenters. The number of rotatable bonds is 8. The van der Waals surface area contributed by atoms with Crippen LogP contribution in [-0.4, -0.2) is 47.3 Å². The van der Waals surface area contributed by atoms with E-state index in [-0.39, 0.29) is 11.8 Å². The summed E-state index contributed by atoms with van der Waals surface area (Å²) in [5.74, 6) is -0.327. The SMILES string of the molecule is CN(C)C/C=C/C(=O)Nc1cccc(-c2cnc3[nH]cc(-c4ccc(C(=O)Nc5ccccc5)cc4)c3c2)c1. The maximum Gasteiger partial charge on any atom is 0.255 e. The van der Waals surface area contributed by atoms with Gasteiger partial charge in [0.1, 0.15) is 5.65 Å². The molecular weight excluding hydrogens is 486 g/mol. The Bertz CT molecular complexity index is 1640. The third kappa shape index (κ3) is 6.29. The summed E-state index contributed by atoms with van der Waals surface area (Å²) < 4.78 is 0. The first kappa shape index (κ1) is 25.6. The minimum absolute atomic E-state index is 0.157. The quantitative estimate of drug-likeness (QED) is 0.215. The number of aromatic nitrogens is 2. The maximum absolute atomic E-state index is 12.6. The Kier molecular flexibility index (Phi) is 7.61. The minimum atomic E-state index is -0.170. The molecule has 0 aliphatic carbocycles. The van der Waals surface area contributed by atoms with Gasteiger partial charge in [-0.05, 0) is 67.7 Å². The molecule has 2 amide bonds. The third-order valence-corrected chi connectivity index (χ3v) is 6.22. The number of para-hydroxylation sites is 1. The van der Waals surface area contributed by atoms with Gasteiger partial charge in [0.05, 0.1) is 0 Å². The average Bonchev–Trinajstić information content (AvgIpc) is 3.37. The van der Waals surface area contributed by atoms with Gasteiger partial charge in [-0.1, -0.05) is 48.5 Å². The molecule has 0 bridgehead atoms. The van der Waals surface area contributed by atoms with Gasteiger partial charge < -0.3 is 20.5 Å². The Hall–Kier alpha value is -5.01. The molecule has 0 aliphatic heterocycles. The van der Waals surface area contributed by atoms with Crippen LogP contribution in [0.4, 0.5) is 11.4 Å². The zero-order valence-corrected chi connectivity index (χ0v) is 21.8. The molecule has 0 atom stereocenters. The van der Waals surface area contributed by atoms with Crippen molar-refractivity contribution in [2.45, 2.75) is 0 Å². The van der Waals surface area contributed by atoms with Gasteiger partial charge in [0.25, 0.3) is 5.91 Å². The molecule has 39 heavy (non-hydrogen) atoms. The molecule has 7 nitrogen and oxygen atoms in total. The first-order valence-electron chi connectivity index (χ1n) is 12.6. The van der Waals surface area contributed by atoms with Crippen LogP contribution in [0, 0.1) is 0 Å². The van der Waals surface area contributed by atoms with Gasteiger partial charge in [-0.15, -0.1) is 0 Å². The predicted octanol–water partition coefficient (Wildman–Crippen LogP) is 6.21. The number of pyridine rings is 1. The normalized spacial score (nSPS) is 11.3. The highest BCUT2D eigenvalue weighted by Crippen LogP contribution is 2.32. The highest BCUT2D eigenvalue weighted by atomic mass is 16.2. The van der Waals surface area contributed by atoms with Crippen molar-refractivity contribution in [3.05, 3.63) is 115 Å². The number of benzene rings is 3. The van der Waals surface area contributed by atoms with Gasteiger partial charge in [-0.3, -0.25) is 9.59 Å². The zero-order valence-electron chi connectivity index (χ0n) is 21.8. The third-order valence-electron chi connectivity index (χ3n) is 6.22. The summed E-state index contributed by atoms with van der Waals surface area (Å²) in [6, 6.07) is 26.7. The number of aromatic amines is 1. The fraction of sp³-hybridized carbons (Fsp3) is 0.0938. The lowest BCUT2D eigenvalue weighted by Crippen LogP contribution is -2.12. The first-order chi connectivity index (χ1) is 19.0. The number of nitrogens with zero attached hydrogens (tertiary/aromatic N) is 2. The van der Waals surface area contributed by atoms with E-state index < -0.39 is 0 Å². The van der Waals surface area contributed by atoms with E-state index in [2.05, 4.69) is 26.7 Å². The summed E-state index contributed by atoms with van der Waals surface area (Å²) in [5, 5.41) is 6.80. The summed E-state index contributed by atoms with van der Waals surface area (Å²) in [7, 11) is 3.90. The molecule has 0 radical (unpaired) electrons. The van der Waals surface area contributed by atoms with Crippen molar-refractivity contribution < 1.29 is 9.59 Å². The van der Waals surface area contributed by atoms with Crippen LogP contribution < -0.4 is 10.6 Å². The Labute approximate surface area is 227 Å². The smallest absolute Gasteiger partial charge is 0.255 e. The Morgan fingerprint density at radius 3 is 2.38 bits per heavy atom. The highest BCUT2D eigenvalue weighted by molar-refractivity contribution is 6.05. The lowest BCUT2D eigenvalue weighted by atomic mass is 10.0. The van der Waals surface area contributed by atoms with Crippen molar-refractivity contribution in [2.75, 3.05) is 31.3 Å². The molecule has 5 aromatic rings. The van der Waals surface area contributed by atoms with E-state index >= 15 is 0 Å². The average molecular weight is 516 g/mol. The zero-order chi connectivity index (χ0) is 27.2. The molecule has 3 aromatic carbocycles. The topological polar surface area (TPSA) is 90.1 Å². The lowest BCUT2D eigenvalue weighted by molar-refractivity contribution is -0.111. The highest BCUT2D eigenvalue weighted by Gasteiger charge is 2.12. The summed E-state index contributed by atoms with van der Waals surface area (Å²) in [5.41, 5.74) is 6.66. The number of hydrogen-bond donors (Lipinski definition) is 3. The number of H-pyrrole nitrogens is 1. The van der Waals surface area contributed by atoms with Crippen LogP contribution in [0.5, 0.6) is 0 Å². The number of hydrogen-bond acceptors (Lipinski definition) is 4. The summed E-state index contributed by atoms with van der Waals surface area (Å²) >= 11 is 0. The van der Waals surface area contributed by atoms with Crippen LogP contribution in [0.1, 0.15) is 10.4 Å². The fourth-order valence-electron chi connectivity index (χ4n) is 4.26. The number of nitrogens with one attached hydrogen (secondary N) is 3. The van der Waals surface area contributed by atoms with Crippen LogP contribution >= 0.6 is 0 Å². The Balaban J connectivity index is 1.35. The van der Waals surface area contributed by atoms with Crippen molar-refractivity contribution >= 4 is 34.2 Å². The summed E-state index contributed by atoms with van der Waals surface area (Å²) in [4.78, 5) is 34.8. The van der Waals surface area contributed by atoms with Crippen LogP contribution in [0.3, 0.4) is 0 Å². The summed E-state index contributed by atoms with van der Waals surface area (Å²) in [6.07, 6.45) is 7.12. The number of carbonyl (C=O) groups is 2. The van der Waals surface area contributed by atoms with Crippen LogP contribution in [0.15, 0.2) is 109 Å². The number of anilines is 2. The van der Waals surface area contributed by atoms with E-state index in [0.29, 0.717) is 17.8 Å². The fourth-order valence-corrected chi connectivity index (χ4v) is 4.26. The standard InChI is InChI=1S/C32H29N5O2/c1-37(2)17-7-12-30(38)35-27-11-6-8-24(18-27)25-19-28-29(21-34-31(28)33-20-25)22-13-15-23(16-14-22)32(39)36-26-9-4-3-5-10-26/h3-16,18-21H,17H2,1-2H3,(H,33,34)(H,35,38)(H,36,39)/b12-7+. The molecule has 194 valence electrons. The number of likely N-dealkylation sites (N-methyl/N-ethyl adjacent to an activating group) is 1. The van der Waals surface area contributed by atoms with Crippen molar-refractivity contribution in [3.8, 4) is 22.3 Å². The van der Waals surface area contributed by atoms with E-state index in [1.165, 1.54) is 0 Å². The number of carbonyl (C=O) groups excluding carboxylic acids is 2. The van der Waals surface area contributed by atoms with Crippen molar-refractivity contribution in [3.63, 3.8) is 0 Å². The Morgan fingerprint density at radius 2 is 1.62 bits per heavy atom. The van der Waals surface area contributed by atoms with Crippen molar-refractivity contribution in [1.29, 1.82) is 0 Å². The Morgan fingerprint density at radius 1 is 0.846 bits per heavy atom. The van der Waals surface area contributed by atoms with E-state index in [1.807, 2.05) is 116 Å².